The van der Waals surface area contributed by atoms with Crippen molar-refractivity contribution in [2.45, 2.75) is 59.7 Å². The van der Waals surface area contributed by atoms with E-state index in [2.05, 4.69) is 36.4 Å². The average Bonchev–Trinajstić information content (AvgIpc) is 3.00. The highest BCUT2D eigenvalue weighted by atomic mass is 32.1. The predicted molar refractivity (Wildman–Crippen MR) is 97.6 cm³/mol. The molecule has 0 aliphatic rings. The Balaban J connectivity index is 1.98. The van der Waals surface area contributed by atoms with Crippen molar-refractivity contribution in [3.63, 3.8) is 0 Å². The van der Waals surface area contributed by atoms with Gasteiger partial charge >= 0.3 is 12.2 Å². The molecule has 0 bridgehead atoms. The maximum Gasteiger partial charge on any atom is 0.407 e. The van der Waals surface area contributed by atoms with Crippen LogP contribution in [0.1, 0.15) is 51.8 Å². The van der Waals surface area contributed by atoms with Crippen molar-refractivity contribution in [2.75, 3.05) is 13.1 Å². The van der Waals surface area contributed by atoms with Crippen LogP contribution in [0.15, 0.2) is 11.7 Å². The lowest BCUT2D eigenvalue weighted by Gasteiger charge is -2.23. The Labute approximate surface area is 153 Å². The molecule has 1 rings (SSSR count). The first-order valence-electron chi connectivity index (χ1n) is 8.49. The van der Waals surface area contributed by atoms with Gasteiger partial charge in [-0.1, -0.05) is 20.8 Å². The Morgan fingerprint density at radius 1 is 1.20 bits per heavy atom. The van der Waals surface area contributed by atoms with E-state index in [4.69, 9.17) is 9.47 Å². The van der Waals surface area contributed by atoms with Gasteiger partial charge in [-0.15, -0.1) is 11.3 Å². The molecule has 1 atom stereocenters. The molecule has 1 unspecified atom stereocenters. The molecule has 8 heteroatoms. The maximum absolute atomic E-state index is 11.7. The summed E-state index contributed by atoms with van der Waals surface area (Å²) in [6, 6.07) is 0. The first-order chi connectivity index (χ1) is 11.8. The molecule has 0 radical (unpaired) electrons. The van der Waals surface area contributed by atoms with Crippen LogP contribution < -0.4 is 10.6 Å². The van der Waals surface area contributed by atoms with Crippen LogP contribution in [0.3, 0.4) is 0 Å². The number of hydrogen-bond acceptors (Lipinski definition) is 6. The quantitative estimate of drug-likeness (QED) is 0.646. The van der Waals surface area contributed by atoms with E-state index in [1.807, 2.05) is 6.92 Å². The third-order valence-corrected chi connectivity index (χ3v) is 3.93. The zero-order chi connectivity index (χ0) is 18.7. The van der Waals surface area contributed by atoms with Gasteiger partial charge in [-0.05, 0) is 31.6 Å². The van der Waals surface area contributed by atoms with Gasteiger partial charge in [0.15, 0.2) is 0 Å². The van der Waals surface area contributed by atoms with Gasteiger partial charge in [0.2, 0.25) is 0 Å². The van der Waals surface area contributed by atoms with Crippen molar-refractivity contribution in [1.82, 2.24) is 15.6 Å². The van der Waals surface area contributed by atoms with Gasteiger partial charge in [0.25, 0.3) is 0 Å². The summed E-state index contributed by atoms with van der Waals surface area (Å²) in [6.07, 6.45) is 3.02. The Morgan fingerprint density at radius 3 is 2.40 bits per heavy atom. The molecule has 25 heavy (non-hydrogen) atoms. The van der Waals surface area contributed by atoms with Crippen LogP contribution in [-0.4, -0.2) is 36.4 Å². The summed E-state index contributed by atoms with van der Waals surface area (Å²) in [5.74, 6) is 0. The molecule has 0 aliphatic carbocycles. The fourth-order valence-electron chi connectivity index (χ4n) is 2.26. The number of unbranched alkanes of at least 4 members (excludes halogenated alkanes) is 1. The minimum atomic E-state index is -0.447. The summed E-state index contributed by atoms with van der Waals surface area (Å²) < 4.78 is 10.3. The van der Waals surface area contributed by atoms with E-state index in [0.717, 1.165) is 24.1 Å². The molecular weight excluding hydrogens is 342 g/mol. The largest absolute Gasteiger partial charge is 0.447 e. The van der Waals surface area contributed by atoms with Crippen molar-refractivity contribution in [2.24, 2.45) is 5.41 Å². The molecule has 7 nitrogen and oxygen atoms in total. The van der Waals surface area contributed by atoms with Crippen LogP contribution in [0.5, 0.6) is 0 Å². The summed E-state index contributed by atoms with van der Waals surface area (Å²) in [4.78, 5) is 27.9. The Hall–Kier alpha value is -1.83. The van der Waals surface area contributed by atoms with Crippen LogP contribution >= 0.6 is 11.3 Å². The molecule has 0 saturated heterocycles. The molecule has 0 saturated carbocycles. The zero-order valence-corrected chi connectivity index (χ0v) is 16.3. The fourth-order valence-corrected chi connectivity index (χ4v) is 2.77. The third kappa shape index (κ3) is 11.4. The van der Waals surface area contributed by atoms with Crippen molar-refractivity contribution in [3.05, 3.63) is 16.6 Å². The number of carbonyl (C=O) groups excluding carboxylic acids is 2. The van der Waals surface area contributed by atoms with Crippen LogP contribution in [0, 0.1) is 5.41 Å². The number of nitrogens with one attached hydrogen (secondary N) is 2. The van der Waals surface area contributed by atoms with E-state index in [9.17, 15) is 9.59 Å². The lowest BCUT2D eigenvalue weighted by Crippen LogP contribution is -2.31. The maximum atomic E-state index is 11.7. The van der Waals surface area contributed by atoms with E-state index in [1.165, 1.54) is 11.3 Å². The number of rotatable bonds is 9. The monoisotopic (exact) mass is 371 g/mol. The van der Waals surface area contributed by atoms with Crippen molar-refractivity contribution >= 4 is 23.5 Å². The predicted octanol–water partition coefficient (Wildman–Crippen LogP) is 3.70. The zero-order valence-electron chi connectivity index (χ0n) is 15.5. The molecule has 0 fully saturated rings. The topological polar surface area (TPSA) is 89.6 Å². The van der Waals surface area contributed by atoms with Crippen LogP contribution in [-0.2, 0) is 16.1 Å². The second kappa shape index (κ2) is 10.9. The Bertz CT molecular complexity index is 514. The standard InChI is InChI=1S/C17H29N3O4S/c1-13(9-17(2,3)4)24-16(22)20-8-6-5-7-19-15(21)23-11-14-10-18-12-25-14/h10,12-13H,5-9,11H2,1-4H3,(H,19,21)(H,20,22). The molecule has 1 heterocycles. The SMILES string of the molecule is CC(CC(C)(C)C)OC(=O)NCCCCNC(=O)OCc1cncs1. The first-order valence-corrected chi connectivity index (χ1v) is 9.37. The fraction of sp³-hybridized carbons (Fsp3) is 0.706. The summed E-state index contributed by atoms with van der Waals surface area (Å²) in [5.41, 5.74) is 1.82. The Morgan fingerprint density at radius 2 is 1.84 bits per heavy atom. The number of amides is 2. The lowest BCUT2D eigenvalue weighted by molar-refractivity contribution is 0.0824. The Kier molecular flexibility index (Phi) is 9.26. The number of nitrogens with zero attached hydrogens (tertiary/aromatic N) is 1. The van der Waals surface area contributed by atoms with E-state index in [1.54, 1.807) is 11.7 Å². The molecule has 0 aromatic carbocycles. The van der Waals surface area contributed by atoms with Crippen LogP contribution in [0.4, 0.5) is 9.59 Å². The van der Waals surface area contributed by atoms with Crippen molar-refractivity contribution < 1.29 is 19.1 Å². The van der Waals surface area contributed by atoms with Crippen LogP contribution in [0.25, 0.3) is 0 Å². The normalized spacial score (nSPS) is 12.3. The summed E-state index contributed by atoms with van der Waals surface area (Å²) in [5, 5.41) is 5.39. The molecule has 1 aromatic rings. The molecule has 2 amide bonds. The highest BCUT2D eigenvalue weighted by Gasteiger charge is 2.18. The van der Waals surface area contributed by atoms with E-state index in [0.29, 0.717) is 13.1 Å². The summed E-state index contributed by atoms with van der Waals surface area (Å²) in [7, 11) is 0. The number of alkyl carbamates (subject to hydrolysis) is 2. The van der Waals surface area contributed by atoms with Crippen LogP contribution in [0.2, 0.25) is 0 Å². The smallest absolute Gasteiger partial charge is 0.407 e. The number of ether oxygens (including phenoxy) is 2. The molecule has 0 spiro atoms. The summed E-state index contributed by atoms with van der Waals surface area (Å²) >= 11 is 1.44. The number of carbonyl (C=O) groups is 2. The number of hydrogen-bond donors (Lipinski definition) is 2. The lowest BCUT2D eigenvalue weighted by atomic mass is 9.90. The highest BCUT2D eigenvalue weighted by molar-refractivity contribution is 7.09. The molecule has 1 aromatic heterocycles. The van der Waals surface area contributed by atoms with Gasteiger partial charge in [-0.25, -0.2) is 9.59 Å². The van der Waals surface area contributed by atoms with Crippen molar-refractivity contribution in [1.29, 1.82) is 0 Å². The van der Waals surface area contributed by atoms with E-state index < -0.39 is 12.2 Å². The molecule has 142 valence electrons. The molecular formula is C17H29N3O4S. The average molecular weight is 372 g/mol. The molecule has 0 aliphatic heterocycles. The van der Waals surface area contributed by atoms with E-state index in [-0.39, 0.29) is 18.1 Å². The van der Waals surface area contributed by atoms with Gasteiger partial charge in [0, 0.05) is 19.3 Å². The second-order valence-corrected chi connectivity index (χ2v) is 8.06. The van der Waals surface area contributed by atoms with E-state index >= 15 is 0 Å². The second-order valence-electron chi connectivity index (χ2n) is 7.09. The van der Waals surface area contributed by atoms with Gasteiger partial charge < -0.3 is 20.1 Å². The molecule has 2 N–H and O–H groups in total. The van der Waals surface area contributed by atoms with Crippen molar-refractivity contribution in [3.8, 4) is 0 Å². The van der Waals surface area contributed by atoms with Gasteiger partial charge in [0.1, 0.15) is 12.7 Å². The van der Waals surface area contributed by atoms with Gasteiger partial charge in [-0.3, -0.25) is 4.98 Å². The third-order valence-electron chi connectivity index (χ3n) is 3.18. The number of aromatic nitrogens is 1. The van der Waals surface area contributed by atoms with Gasteiger partial charge in [0.05, 0.1) is 10.4 Å². The minimum Gasteiger partial charge on any atom is -0.447 e. The minimum absolute atomic E-state index is 0.116. The summed E-state index contributed by atoms with van der Waals surface area (Å²) in [6.45, 7) is 9.47. The highest BCUT2D eigenvalue weighted by Crippen LogP contribution is 2.21. The number of thiazole rings is 1. The van der Waals surface area contributed by atoms with Gasteiger partial charge in [-0.2, -0.15) is 0 Å². The first kappa shape index (κ1) is 21.2.